The second-order valence-corrected chi connectivity index (χ2v) is 5.03. The number of guanidine groups is 1. The van der Waals surface area contributed by atoms with Gasteiger partial charge in [-0.1, -0.05) is 6.07 Å². The van der Waals surface area contributed by atoms with E-state index in [9.17, 15) is 0 Å². The molecule has 110 valence electrons. The Balaban J connectivity index is 1.72. The van der Waals surface area contributed by atoms with E-state index in [1.54, 1.807) is 7.11 Å². The number of rotatable bonds is 6. The van der Waals surface area contributed by atoms with Gasteiger partial charge < -0.3 is 20.7 Å². The normalized spacial score (nSPS) is 16.4. The van der Waals surface area contributed by atoms with Crippen LogP contribution in [0.15, 0.2) is 29.3 Å². The Bertz CT molecular complexity index is 441. The fourth-order valence-corrected chi connectivity index (χ4v) is 2.39. The summed E-state index contributed by atoms with van der Waals surface area (Å²) in [6.45, 7) is 4.36. The molecule has 3 N–H and O–H groups in total. The molecule has 0 amide bonds. The molecular weight excluding hydrogens is 252 g/mol. The first kappa shape index (κ1) is 14.7. The smallest absolute Gasteiger partial charge is 0.193 e. The Morgan fingerprint density at radius 1 is 1.40 bits per heavy atom. The molecule has 0 bridgehead atoms. The highest BCUT2D eigenvalue weighted by atomic mass is 16.5. The average molecular weight is 276 g/mol. The number of benzene rings is 1. The SMILES string of the molecule is COc1cccc(NC(N)=NCCCN2CCCC2)c1. The van der Waals surface area contributed by atoms with Gasteiger partial charge >= 0.3 is 0 Å². The number of hydrogen-bond donors (Lipinski definition) is 2. The minimum absolute atomic E-state index is 0.458. The summed E-state index contributed by atoms with van der Waals surface area (Å²) in [4.78, 5) is 6.84. The van der Waals surface area contributed by atoms with Crippen LogP contribution in [0.1, 0.15) is 19.3 Å². The van der Waals surface area contributed by atoms with Gasteiger partial charge in [-0.25, -0.2) is 0 Å². The summed E-state index contributed by atoms with van der Waals surface area (Å²) in [5.41, 5.74) is 6.77. The Morgan fingerprint density at radius 2 is 2.20 bits per heavy atom. The summed E-state index contributed by atoms with van der Waals surface area (Å²) in [7, 11) is 1.65. The van der Waals surface area contributed by atoms with Crippen molar-refractivity contribution in [3.63, 3.8) is 0 Å². The van der Waals surface area contributed by atoms with Gasteiger partial charge in [-0.15, -0.1) is 0 Å². The molecule has 20 heavy (non-hydrogen) atoms. The fourth-order valence-electron chi connectivity index (χ4n) is 2.39. The van der Waals surface area contributed by atoms with Crippen molar-refractivity contribution >= 4 is 11.6 Å². The third-order valence-corrected chi connectivity index (χ3v) is 3.46. The monoisotopic (exact) mass is 276 g/mol. The molecule has 1 aliphatic heterocycles. The molecule has 0 spiro atoms. The lowest BCUT2D eigenvalue weighted by atomic mass is 10.3. The average Bonchev–Trinajstić information content (AvgIpc) is 2.97. The molecule has 0 saturated carbocycles. The molecule has 2 rings (SSSR count). The highest BCUT2D eigenvalue weighted by Gasteiger charge is 2.09. The number of aliphatic imine (C=N–C) groups is 1. The highest BCUT2D eigenvalue weighted by Crippen LogP contribution is 2.16. The van der Waals surface area contributed by atoms with Crippen molar-refractivity contribution in [1.29, 1.82) is 0 Å². The Hall–Kier alpha value is -1.75. The first-order valence-electron chi connectivity index (χ1n) is 7.21. The Morgan fingerprint density at radius 3 is 2.95 bits per heavy atom. The Kier molecular flexibility index (Phi) is 5.68. The number of methoxy groups -OCH3 is 1. The third-order valence-electron chi connectivity index (χ3n) is 3.46. The van der Waals surface area contributed by atoms with Crippen LogP contribution in [0.5, 0.6) is 5.75 Å². The van der Waals surface area contributed by atoms with Crippen molar-refractivity contribution in [3.05, 3.63) is 24.3 Å². The number of nitrogens with zero attached hydrogens (tertiary/aromatic N) is 2. The van der Waals surface area contributed by atoms with Crippen LogP contribution in [0.2, 0.25) is 0 Å². The van der Waals surface area contributed by atoms with E-state index in [1.807, 2.05) is 24.3 Å². The zero-order valence-corrected chi connectivity index (χ0v) is 12.1. The number of anilines is 1. The molecule has 0 radical (unpaired) electrons. The molecule has 0 aliphatic carbocycles. The lowest BCUT2D eigenvalue weighted by Crippen LogP contribution is -2.24. The summed E-state index contributed by atoms with van der Waals surface area (Å²) < 4.78 is 5.17. The van der Waals surface area contributed by atoms with Gasteiger partial charge in [-0.05, 0) is 51.0 Å². The third kappa shape index (κ3) is 4.74. The van der Waals surface area contributed by atoms with E-state index < -0.39 is 0 Å². The van der Waals surface area contributed by atoms with E-state index >= 15 is 0 Å². The molecule has 0 atom stereocenters. The van der Waals surface area contributed by atoms with E-state index in [0.29, 0.717) is 5.96 Å². The van der Waals surface area contributed by atoms with E-state index in [-0.39, 0.29) is 0 Å². The molecule has 0 unspecified atom stereocenters. The van der Waals surface area contributed by atoms with E-state index in [2.05, 4.69) is 15.2 Å². The summed E-state index contributed by atoms with van der Waals surface area (Å²) in [6, 6.07) is 7.65. The van der Waals surface area contributed by atoms with Gasteiger partial charge in [0.2, 0.25) is 0 Å². The minimum atomic E-state index is 0.458. The first-order chi connectivity index (χ1) is 9.78. The van der Waals surface area contributed by atoms with Gasteiger partial charge in [0.25, 0.3) is 0 Å². The predicted molar refractivity (Wildman–Crippen MR) is 83.4 cm³/mol. The van der Waals surface area contributed by atoms with Crippen LogP contribution in [-0.2, 0) is 0 Å². The van der Waals surface area contributed by atoms with E-state index in [4.69, 9.17) is 10.5 Å². The van der Waals surface area contributed by atoms with E-state index in [0.717, 1.165) is 30.9 Å². The van der Waals surface area contributed by atoms with Crippen molar-refractivity contribution in [2.45, 2.75) is 19.3 Å². The number of likely N-dealkylation sites (tertiary alicyclic amines) is 1. The van der Waals surface area contributed by atoms with Crippen molar-refractivity contribution in [1.82, 2.24) is 4.90 Å². The van der Waals surface area contributed by atoms with Gasteiger partial charge in [-0.3, -0.25) is 4.99 Å². The van der Waals surface area contributed by atoms with Gasteiger partial charge in [0, 0.05) is 18.3 Å². The molecule has 1 aromatic rings. The van der Waals surface area contributed by atoms with Gasteiger partial charge in [0.1, 0.15) is 5.75 Å². The Labute approximate surface area is 120 Å². The maximum atomic E-state index is 5.88. The molecule has 1 aromatic carbocycles. The standard InChI is InChI=1S/C15H24N4O/c1-20-14-7-4-6-13(12-14)18-15(16)17-8-5-11-19-9-2-3-10-19/h4,6-7,12H,2-3,5,8-11H2,1H3,(H3,16,17,18). The zero-order chi connectivity index (χ0) is 14.2. The quantitative estimate of drug-likeness (QED) is 0.473. The van der Waals surface area contributed by atoms with Crippen molar-refractivity contribution in [3.8, 4) is 5.75 Å². The lowest BCUT2D eigenvalue weighted by molar-refractivity contribution is 0.336. The fraction of sp³-hybridized carbons (Fsp3) is 0.533. The number of hydrogen-bond acceptors (Lipinski definition) is 3. The summed E-state index contributed by atoms with van der Waals surface area (Å²) in [6.07, 6.45) is 3.73. The maximum absolute atomic E-state index is 5.88. The van der Waals surface area contributed by atoms with E-state index in [1.165, 1.54) is 25.9 Å². The summed E-state index contributed by atoms with van der Waals surface area (Å²) in [5, 5.41) is 3.08. The number of nitrogens with two attached hydrogens (primary N) is 1. The zero-order valence-electron chi connectivity index (χ0n) is 12.1. The van der Waals surface area contributed by atoms with Crippen LogP contribution >= 0.6 is 0 Å². The van der Waals surface area contributed by atoms with Crippen molar-refractivity contribution in [2.24, 2.45) is 10.7 Å². The number of ether oxygens (including phenoxy) is 1. The van der Waals surface area contributed by atoms with Crippen LogP contribution in [0, 0.1) is 0 Å². The predicted octanol–water partition coefficient (Wildman–Crippen LogP) is 1.91. The topological polar surface area (TPSA) is 62.9 Å². The first-order valence-corrected chi connectivity index (χ1v) is 7.21. The van der Waals surface area contributed by atoms with Crippen LogP contribution in [0.3, 0.4) is 0 Å². The molecule has 5 nitrogen and oxygen atoms in total. The highest BCUT2D eigenvalue weighted by molar-refractivity contribution is 5.92. The van der Waals surface area contributed by atoms with Gasteiger partial charge in [0.15, 0.2) is 5.96 Å². The molecular formula is C15H24N4O. The molecule has 5 heteroatoms. The molecule has 0 aromatic heterocycles. The molecule has 1 saturated heterocycles. The second kappa shape index (κ2) is 7.75. The maximum Gasteiger partial charge on any atom is 0.193 e. The summed E-state index contributed by atoms with van der Waals surface area (Å²) >= 11 is 0. The van der Waals surface area contributed by atoms with Crippen LogP contribution < -0.4 is 15.8 Å². The van der Waals surface area contributed by atoms with Gasteiger partial charge in [0.05, 0.1) is 7.11 Å². The van der Waals surface area contributed by atoms with Gasteiger partial charge in [-0.2, -0.15) is 0 Å². The minimum Gasteiger partial charge on any atom is -0.497 e. The van der Waals surface area contributed by atoms with Crippen LogP contribution in [0.4, 0.5) is 5.69 Å². The second-order valence-electron chi connectivity index (χ2n) is 5.03. The molecule has 1 fully saturated rings. The number of nitrogens with one attached hydrogen (secondary N) is 1. The van der Waals surface area contributed by atoms with Crippen molar-refractivity contribution in [2.75, 3.05) is 38.6 Å². The largest absolute Gasteiger partial charge is 0.497 e. The lowest BCUT2D eigenvalue weighted by Gasteiger charge is -2.13. The summed E-state index contributed by atoms with van der Waals surface area (Å²) in [5.74, 6) is 1.26. The van der Waals surface area contributed by atoms with Crippen LogP contribution in [0.25, 0.3) is 0 Å². The van der Waals surface area contributed by atoms with Crippen molar-refractivity contribution < 1.29 is 4.74 Å². The molecule has 1 heterocycles. The van der Waals surface area contributed by atoms with Crippen LogP contribution in [-0.4, -0.2) is 44.1 Å². The molecule has 1 aliphatic rings.